The standard InChI is InChI=1S/C29H25ClN2O4/c1-18-8-10-19(11-9-18)22-6-4-5-7-23(22)28(34)31-24-14-12-20(16-27(24)36-3)29(35)32(2)25-15-13-21(30)17-26(25)33/h4-17,33H,1-3H3,(H,31,34). The van der Waals surface area contributed by atoms with Crippen molar-refractivity contribution in [3.63, 3.8) is 0 Å². The molecule has 36 heavy (non-hydrogen) atoms. The molecule has 182 valence electrons. The van der Waals surface area contributed by atoms with E-state index in [0.717, 1.165) is 16.7 Å². The monoisotopic (exact) mass is 500 g/mol. The average Bonchev–Trinajstić information content (AvgIpc) is 2.88. The lowest BCUT2D eigenvalue weighted by molar-refractivity contribution is 0.0990. The molecule has 0 fully saturated rings. The molecule has 0 aromatic heterocycles. The maximum Gasteiger partial charge on any atom is 0.258 e. The van der Waals surface area contributed by atoms with Crippen LogP contribution in [0.4, 0.5) is 11.4 Å². The minimum Gasteiger partial charge on any atom is -0.506 e. The van der Waals surface area contributed by atoms with Gasteiger partial charge in [0.15, 0.2) is 0 Å². The van der Waals surface area contributed by atoms with E-state index in [1.807, 2.05) is 49.4 Å². The number of rotatable bonds is 6. The summed E-state index contributed by atoms with van der Waals surface area (Å²) in [5.74, 6) is -0.447. The Hall–Kier alpha value is -4.29. The van der Waals surface area contributed by atoms with Crippen LogP contribution in [0.25, 0.3) is 11.1 Å². The smallest absolute Gasteiger partial charge is 0.258 e. The van der Waals surface area contributed by atoms with Crippen LogP contribution in [0.2, 0.25) is 5.02 Å². The number of nitrogens with zero attached hydrogens (tertiary/aromatic N) is 1. The van der Waals surface area contributed by atoms with Crippen LogP contribution in [0.15, 0.2) is 84.9 Å². The molecule has 0 aliphatic rings. The minimum atomic E-state index is -0.367. The Morgan fingerprint density at radius 2 is 1.67 bits per heavy atom. The minimum absolute atomic E-state index is 0.110. The van der Waals surface area contributed by atoms with Gasteiger partial charge in [-0.25, -0.2) is 0 Å². The molecule has 4 rings (SSSR count). The van der Waals surface area contributed by atoms with Crippen molar-refractivity contribution in [1.82, 2.24) is 0 Å². The molecule has 4 aromatic rings. The SMILES string of the molecule is COc1cc(C(=O)N(C)c2ccc(Cl)cc2O)ccc1NC(=O)c1ccccc1-c1ccc(C)cc1. The summed E-state index contributed by atoms with van der Waals surface area (Å²) in [4.78, 5) is 27.6. The van der Waals surface area contributed by atoms with Crippen LogP contribution in [0, 0.1) is 6.92 Å². The Morgan fingerprint density at radius 3 is 2.36 bits per heavy atom. The Balaban J connectivity index is 1.59. The molecule has 6 nitrogen and oxygen atoms in total. The van der Waals surface area contributed by atoms with Crippen molar-refractivity contribution in [3.8, 4) is 22.6 Å². The number of amides is 2. The molecule has 0 heterocycles. The van der Waals surface area contributed by atoms with Crippen molar-refractivity contribution in [1.29, 1.82) is 0 Å². The number of carbonyl (C=O) groups is 2. The second kappa shape index (κ2) is 10.5. The van der Waals surface area contributed by atoms with Gasteiger partial charge in [-0.1, -0.05) is 59.6 Å². The van der Waals surface area contributed by atoms with Gasteiger partial charge < -0.3 is 20.1 Å². The van der Waals surface area contributed by atoms with Crippen LogP contribution in [0.3, 0.4) is 0 Å². The third kappa shape index (κ3) is 5.19. The Bertz CT molecular complexity index is 1430. The van der Waals surface area contributed by atoms with Crippen molar-refractivity contribution < 1.29 is 19.4 Å². The summed E-state index contributed by atoms with van der Waals surface area (Å²) in [6.45, 7) is 2.01. The summed E-state index contributed by atoms with van der Waals surface area (Å²) in [6, 6.07) is 24.6. The molecule has 0 unspecified atom stereocenters. The van der Waals surface area contributed by atoms with Gasteiger partial charge in [0.25, 0.3) is 11.8 Å². The van der Waals surface area contributed by atoms with Crippen molar-refractivity contribution in [2.45, 2.75) is 6.92 Å². The first kappa shape index (κ1) is 24.8. The van der Waals surface area contributed by atoms with E-state index in [2.05, 4.69) is 5.32 Å². The third-order valence-corrected chi connectivity index (χ3v) is 6.07. The number of halogens is 1. The van der Waals surface area contributed by atoms with Gasteiger partial charge in [-0.15, -0.1) is 0 Å². The molecule has 2 N–H and O–H groups in total. The number of carbonyl (C=O) groups excluding carboxylic acids is 2. The van der Waals surface area contributed by atoms with Gasteiger partial charge >= 0.3 is 0 Å². The Kier molecular flexibility index (Phi) is 7.27. The average molecular weight is 501 g/mol. The number of aryl methyl sites for hydroxylation is 1. The summed E-state index contributed by atoms with van der Waals surface area (Å²) in [6.07, 6.45) is 0. The Labute approximate surface area is 214 Å². The highest BCUT2D eigenvalue weighted by Crippen LogP contribution is 2.32. The molecule has 0 saturated carbocycles. The summed E-state index contributed by atoms with van der Waals surface area (Å²) in [5.41, 5.74) is 4.46. The number of hydrogen-bond acceptors (Lipinski definition) is 4. The number of phenols is 1. The molecular weight excluding hydrogens is 476 g/mol. The second-order valence-corrected chi connectivity index (χ2v) is 8.71. The fourth-order valence-corrected chi connectivity index (χ4v) is 4.03. The number of ether oxygens (including phenoxy) is 1. The largest absolute Gasteiger partial charge is 0.506 e. The molecule has 0 radical (unpaired) electrons. The maximum atomic E-state index is 13.2. The zero-order valence-corrected chi connectivity index (χ0v) is 20.8. The highest BCUT2D eigenvalue weighted by Gasteiger charge is 2.20. The van der Waals surface area contributed by atoms with Crippen LogP contribution in [0.5, 0.6) is 11.5 Å². The normalized spacial score (nSPS) is 10.6. The van der Waals surface area contributed by atoms with E-state index < -0.39 is 0 Å². The van der Waals surface area contributed by atoms with Crippen LogP contribution in [0.1, 0.15) is 26.3 Å². The molecule has 7 heteroatoms. The molecule has 0 aliphatic heterocycles. The lowest BCUT2D eigenvalue weighted by Crippen LogP contribution is -2.26. The lowest BCUT2D eigenvalue weighted by atomic mass is 9.98. The van der Waals surface area contributed by atoms with Crippen molar-refractivity contribution in [2.75, 3.05) is 24.4 Å². The number of hydrogen-bond donors (Lipinski definition) is 2. The number of phenolic OH excluding ortho intramolecular Hbond substituents is 1. The van der Waals surface area contributed by atoms with Crippen molar-refractivity contribution in [3.05, 3.63) is 107 Å². The van der Waals surface area contributed by atoms with Crippen LogP contribution >= 0.6 is 11.6 Å². The first-order valence-electron chi connectivity index (χ1n) is 11.2. The first-order valence-corrected chi connectivity index (χ1v) is 11.6. The molecule has 0 spiro atoms. The van der Waals surface area contributed by atoms with Gasteiger partial charge in [0, 0.05) is 29.3 Å². The van der Waals surface area contributed by atoms with Gasteiger partial charge in [-0.2, -0.15) is 0 Å². The zero-order valence-electron chi connectivity index (χ0n) is 20.1. The third-order valence-electron chi connectivity index (χ3n) is 5.83. The number of methoxy groups -OCH3 is 1. The fourth-order valence-electron chi connectivity index (χ4n) is 3.87. The molecule has 2 amide bonds. The van der Waals surface area contributed by atoms with Gasteiger partial charge in [0.05, 0.1) is 18.5 Å². The summed E-state index contributed by atoms with van der Waals surface area (Å²) >= 11 is 5.90. The van der Waals surface area contributed by atoms with E-state index in [1.54, 1.807) is 43.4 Å². The topological polar surface area (TPSA) is 78.9 Å². The number of benzene rings is 4. The van der Waals surface area contributed by atoms with Crippen molar-refractivity contribution >= 4 is 34.8 Å². The van der Waals surface area contributed by atoms with Crippen LogP contribution < -0.4 is 15.0 Å². The quantitative estimate of drug-likeness (QED) is 0.314. The molecular formula is C29H25ClN2O4. The zero-order chi connectivity index (χ0) is 25.8. The lowest BCUT2D eigenvalue weighted by Gasteiger charge is -2.20. The molecule has 0 bridgehead atoms. The highest BCUT2D eigenvalue weighted by atomic mass is 35.5. The van der Waals surface area contributed by atoms with Gasteiger partial charge in [-0.3, -0.25) is 9.59 Å². The maximum absolute atomic E-state index is 13.2. The van der Waals surface area contributed by atoms with Crippen LogP contribution in [-0.2, 0) is 0 Å². The first-order chi connectivity index (χ1) is 17.3. The predicted molar refractivity (Wildman–Crippen MR) is 143 cm³/mol. The van der Waals surface area contributed by atoms with Crippen molar-refractivity contribution in [2.24, 2.45) is 0 Å². The number of nitrogens with one attached hydrogen (secondary N) is 1. The van der Waals surface area contributed by atoms with E-state index in [4.69, 9.17) is 16.3 Å². The number of anilines is 2. The van der Waals surface area contributed by atoms with E-state index >= 15 is 0 Å². The molecule has 0 saturated heterocycles. The fraction of sp³-hybridized carbons (Fsp3) is 0.103. The summed E-state index contributed by atoms with van der Waals surface area (Å²) in [5, 5.41) is 13.4. The van der Waals surface area contributed by atoms with Gasteiger partial charge in [-0.05, 0) is 54.4 Å². The predicted octanol–water partition coefficient (Wildman–Crippen LogP) is 6.56. The van der Waals surface area contributed by atoms with Crippen LogP contribution in [-0.4, -0.2) is 31.1 Å². The molecule has 0 aliphatic carbocycles. The molecule has 0 atom stereocenters. The van der Waals surface area contributed by atoms with E-state index in [-0.39, 0.29) is 17.6 Å². The molecule has 4 aromatic carbocycles. The highest BCUT2D eigenvalue weighted by molar-refractivity contribution is 6.30. The van der Waals surface area contributed by atoms with E-state index in [1.165, 1.54) is 18.1 Å². The van der Waals surface area contributed by atoms with Gasteiger partial charge in [0.1, 0.15) is 11.5 Å². The number of aromatic hydroxyl groups is 1. The van der Waals surface area contributed by atoms with E-state index in [0.29, 0.717) is 33.3 Å². The second-order valence-electron chi connectivity index (χ2n) is 8.28. The Morgan fingerprint density at radius 1 is 0.944 bits per heavy atom. The summed E-state index contributed by atoms with van der Waals surface area (Å²) in [7, 11) is 3.02. The van der Waals surface area contributed by atoms with E-state index in [9.17, 15) is 14.7 Å². The summed E-state index contributed by atoms with van der Waals surface area (Å²) < 4.78 is 5.47. The van der Waals surface area contributed by atoms with Gasteiger partial charge in [0.2, 0.25) is 0 Å².